The van der Waals surface area contributed by atoms with E-state index in [1.807, 2.05) is 0 Å². The maximum absolute atomic E-state index is 3.70. The van der Waals surface area contributed by atoms with Gasteiger partial charge in [0.15, 0.2) is 0 Å². The fourth-order valence-electron chi connectivity index (χ4n) is 3.00. The van der Waals surface area contributed by atoms with Crippen LogP contribution in [0, 0.1) is 0 Å². The average molecular weight is 359 g/mol. The summed E-state index contributed by atoms with van der Waals surface area (Å²) in [7, 11) is 0. The van der Waals surface area contributed by atoms with Crippen LogP contribution in [0.4, 0.5) is 0 Å². The smallest absolute Gasteiger partial charge is 0.0233 e. The number of nitrogens with zero attached hydrogens (tertiary/aromatic N) is 1. The van der Waals surface area contributed by atoms with Crippen molar-refractivity contribution in [1.82, 2.24) is 10.2 Å². The summed E-state index contributed by atoms with van der Waals surface area (Å²) >= 11 is 3.48. The summed E-state index contributed by atoms with van der Waals surface area (Å²) in [6, 6.07) is 20.0. The van der Waals surface area contributed by atoms with Gasteiger partial charge in [-0.3, -0.25) is 4.90 Å². The summed E-state index contributed by atoms with van der Waals surface area (Å²) in [5.41, 5.74) is 2.78. The Morgan fingerprint density at radius 2 is 1.59 bits per heavy atom. The molecule has 0 aromatic heterocycles. The zero-order chi connectivity index (χ0) is 15.2. The third-order valence-electron chi connectivity index (χ3n) is 4.34. The van der Waals surface area contributed by atoms with Gasteiger partial charge in [-0.05, 0) is 49.2 Å². The van der Waals surface area contributed by atoms with Crippen LogP contribution in [0.5, 0.6) is 0 Å². The Bertz CT molecular complexity index is 560. The van der Waals surface area contributed by atoms with Crippen LogP contribution < -0.4 is 5.32 Å². The Balaban J connectivity index is 1.41. The molecule has 0 aliphatic carbocycles. The first kappa shape index (κ1) is 15.7. The normalized spacial score (nSPS) is 16.8. The molecule has 2 aromatic carbocycles. The first-order valence-electron chi connectivity index (χ1n) is 8.04. The molecule has 0 bridgehead atoms. The van der Waals surface area contributed by atoms with Crippen LogP contribution in [-0.4, -0.2) is 24.0 Å². The molecule has 1 saturated heterocycles. The van der Waals surface area contributed by atoms with Gasteiger partial charge in [0.05, 0.1) is 0 Å². The molecule has 3 rings (SSSR count). The van der Waals surface area contributed by atoms with Crippen molar-refractivity contribution in [3.8, 4) is 0 Å². The average Bonchev–Trinajstić information content (AvgIpc) is 2.57. The molecule has 1 N–H and O–H groups in total. The zero-order valence-corrected chi connectivity index (χ0v) is 14.4. The fraction of sp³-hybridized carbons (Fsp3) is 0.368. The first-order chi connectivity index (χ1) is 10.8. The Labute approximate surface area is 141 Å². The van der Waals surface area contributed by atoms with Crippen LogP contribution in [0.3, 0.4) is 0 Å². The molecule has 1 aliphatic rings. The van der Waals surface area contributed by atoms with Gasteiger partial charge in [-0.25, -0.2) is 0 Å². The number of nitrogens with one attached hydrogen (secondary N) is 1. The molecule has 2 aromatic rings. The van der Waals surface area contributed by atoms with Gasteiger partial charge >= 0.3 is 0 Å². The fourth-order valence-corrected chi connectivity index (χ4v) is 3.27. The van der Waals surface area contributed by atoms with Crippen molar-refractivity contribution >= 4 is 15.9 Å². The Morgan fingerprint density at radius 1 is 0.909 bits per heavy atom. The van der Waals surface area contributed by atoms with E-state index in [9.17, 15) is 0 Å². The molecule has 116 valence electrons. The quantitative estimate of drug-likeness (QED) is 0.861. The number of benzene rings is 2. The largest absolute Gasteiger partial charge is 0.310 e. The minimum Gasteiger partial charge on any atom is -0.310 e. The SMILES string of the molecule is Brc1ccc(CNC2CCN(Cc3ccccc3)CC2)cc1. The lowest BCUT2D eigenvalue weighted by Gasteiger charge is -2.32. The Kier molecular flexibility index (Phi) is 5.65. The molecule has 1 aliphatic heterocycles. The Hall–Kier alpha value is -1.16. The van der Waals surface area contributed by atoms with E-state index in [-0.39, 0.29) is 0 Å². The van der Waals surface area contributed by atoms with Gasteiger partial charge in [0.25, 0.3) is 0 Å². The van der Waals surface area contributed by atoms with Crippen LogP contribution in [0.2, 0.25) is 0 Å². The number of likely N-dealkylation sites (tertiary alicyclic amines) is 1. The predicted octanol–water partition coefficient (Wildman–Crippen LogP) is 4.20. The molecule has 0 unspecified atom stereocenters. The molecule has 1 heterocycles. The first-order valence-corrected chi connectivity index (χ1v) is 8.83. The van der Waals surface area contributed by atoms with Crippen LogP contribution in [0.1, 0.15) is 24.0 Å². The lowest BCUT2D eigenvalue weighted by atomic mass is 10.0. The van der Waals surface area contributed by atoms with Gasteiger partial charge in [-0.2, -0.15) is 0 Å². The van der Waals surface area contributed by atoms with Gasteiger partial charge in [-0.15, -0.1) is 0 Å². The van der Waals surface area contributed by atoms with Crippen LogP contribution >= 0.6 is 15.9 Å². The molecule has 0 radical (unpaired) electrons. The lowest BCUT2D eigenvalue weighted by molar-refractivity contribution is 0.190. The molecular formula is C19H23BrN2. The minimum absolute atomic E-state index is 0.649. The van der Waals surface area contributed by atoms with E-state index in [1.165, 1.54) is 37.1 Å². The molecular weight excluding hydrogens is 336 g/mol. The second-order valence-corrected chi connectivity index (χ2v) is 6.96. The highest BCUT2D eigenvalue weighted by Crippen LogP contribution is 2.15. The summed E-state index contributed by atoms with van der Waals surface area (Å²) in [6.07, 6.45) is 2.48. The minimum atomic E-state index is 0.649. The maximum Gasteiger partial charge on any atom is 0.0233 e. The van der Waals surface area contributed by atoms with Gasteiger partial charge in [-0.1, -0.05) is 58.4 Å². The molecule has 22 heavy (non-hydrogen) atoms. The topological polar surface area (TPSA) is 15.3 Å². The molecule has 2 nitrogen and oxygen atoms in total. The monoisotopic (exact) mass is 358 g/mol. The summed E-state index contributed by atoms with van der Waals surface area (Å²) in [6.45, 7) is 4.43. The van der Waals surface area contributed by atoms with Gasteiger partial charge in [0, 0.05) is 23.6 Å². The van der Waals surface area contributed by atoms with Crippen molar-refractivity contribution in [1.29, 1.82) is 0 Å². The van der Waals surface area contributed by atoms with Crippen molar-refractivity contribution in [2.75, 3.05) is 13.1 Å². The summed E-state index contributed by atoms with van der Waals surface area (Å²) in [5, 5.41) is 3.70. The van der Waals surface area contributed by atoms with Gasteiger partial charge in [0.1, 0.15) is 0 Å². The standard InChI is InChI=1S/C19H23BrN2/c20-18-8-6-16(7-9-18)14-21-19-10-12-22(13-11-19)15-17-4-2-1-3-5-17/h1-9,19,21H,10-15H2. The highest BCUT2D eigenvalue weighted by atomic mass is 79.9. The molecule has 0 saturated carbocycles. The van der Waals surface area contributed by atoms with Crippen molar-refractivity contribution in [3.05, 3.63) is 70.2 Å². The number of hydrogen-bond acceptors (Lipinski definition) is 2. The molecule has 1 fully saturated rings. The van der Waals surface area contributed by atoms with Crippen molar-refractivity contribution in [2.24, 2.45) is 0 Å². The van der Waals surface area contributed by atoms with Crippen LogP contribution in [-0.2, 0) is 13.1 Å². The second kappa shape index (κ2) is 7.91. The third kappa shape index (κ3) is 4.67. The zero-order valence-electron chi connectivity index (χ0n) is 12.8. The summed E-state index contributed by atoms with van der Waals surface area (Å²) in [4.78, 5) is 2.56. The number of piperidine rings is 1. The number of hydrogen-bond donors (Lipinski definition) is 1. The summed E-state index contributed by atoms with van der Waals surface area (Å²) in [5.74, 6) is 0. The lowest BCUT2D eigenvalue weighted by Crippen LogP contribution is -2.41. The molecule has 3 heteroatoms. The van der Waals surface area contributed by atoms with Gasteiger partial charge < -0.3 is 5.32 Å². The van der Waals surface area contributed by atoms with E-state index in [0.29, 0.717) is 6.04 Å². The third-order valence-corrected chi connectivity index (χ3v) is 4.87. The number of rotatable bonds is 5. The van der Waals surface area contributed by atoms with E-state index in [0.717, 1.165) is 17.6 Å². The van der Waals surface area contributed by atoms with E-state index >= 15 is 0 Å². The maximum atomic E-state index is 3.70. The van der Waals surface area contributed by atoms with E-state index < -0.39 is 0 Å². The van der Waals surface area contributed by atoms with E-state index in [2.05, 4.69) is 80.7 Å². The van der Waals surface area contributed by atoms with Crippen LogP contribution in [0.15, 0.2) is 59.1 Å². The highest BCUT2D eigenvalue weighted by molar-refractivity contribution is 9.10. The van der Waals surface area contributed by atoms with Crippen molar-refractivity contribution in [2.45, 2.75) is 32.0 Å². The summed E-state index contributed by atoms with van der Waals surface area (Å²) < 4.78 is 1.14. The molecule has 0 atom stereocenters. The van der Waals surface area contributed by atoms with E-state index in [1.54, 1.807) is 0 Å². The highest BCUT2D eigenvalue weighted by Gasteiger charge is 2.18. The van der Waals surface area contributed by atoms with Gasteiger partial charge in [0.2, 0.25) is 0 Å². The van der Waals surface area contributed by atoms with Crippen molar-refractivity contribution < 1.29 is 0 Å². The molecule has 0 amide bonds. The number of halogens is 1. The van der Waals surface area contributed by atoms with Crippen molar-refractivity contribution in [3.63, 3.8) is 0 Å². The van der Waals surface area contributed by atoms with E-state index in [4.69, 9.17) is 0 Å². The second-order valence-electron chi connectivity index (χ2n) is 6.04. The Morgan fingerprint density at radius 3 is 2.27 bits per heavy atom. The van der Waals surface area contributed by atoms with Crippen LogP contribution in [0.25, 0.3) is 0 Å². The predicted molar refractivity (Wildman–Crippen MR) is 95.7 cm³/mol. The molecule has 0 spiro atoms.